The highest BCUT2D eigenvalue weighted by Crippen LogP contribution is 2.33. The molecule has 0 aliphatic heterocycles. The molecule has 178 valence electrons. The maximum Gasteiger partial charge on any atom is 0.416 e. The van der Waals surface area contributed by atoms with Gasteiger partial charge in [0.25, 0.3) is 11.8 Å². The monoisotopic (exact) mass is 491 g/mol. The molecule has 3 aromatic rings. The van der Waals surface area contributed by atoms with Crippen molar-refractivity contribution in [1.29, 1.82) is 0 Å². The van der Waals surface area contributed by atoms with E-state index in [0.717, 1.165) is 28.7 Å². The van der Waals surface area contributed by atoms with E-state index in [0.29, 0.717) is 11.5 Å². The van der Waals surface area contributed by atoms with E-state index in [2.05, 4.69) is 9.69 Å². The Bertz CT molecular complexity index is 1210. The number of halogens is 3. The number of primary amides is 1. The van der Waals surface area contributed by atoms with Crippen LogP contribution < -0.4 is 21.7 Å². The Morgan fingerprint density at radius 3 is 2.38 bits per heavy atom. The maximum atomic E-state index is 13.4. The highest BCUT2D eigenvalue weighted by atomic mass is 32.1. The van der Waals surface area contributed by atoms with Crippen LogP contribution in [0, 0.1) is 0 Å². The lowest BCUT2D eigenvalue weighted by atomic mass is 10.1. The number of benzene rings is 2. The molecule has 0 fully saturated rings. The lowest BCUT2D eigenvalue weighted by molar-refractivity contribution is -0.137. The molecule has 0 saturated carbocycles. The molecule has 0 unspecified atom stereocenters. The normalized spacial score (nSPS) is 12.1. The molecule has 0 aliphatic rings. The summed E-state index contributed by atoms with van der Waals surface area (Å²) in [6.45, 7) is 1.51. The Kier molecular flexibility index (Phi) is 7.20. The number of alkyl halides is 3. The van der Waals surface area contributed by atoms with Crippen molar-refractivity contribution >= 4 is 40.6 Å². The molecule has 34 heavy (non-hydrogen) atoms. The van der Waals surface area contributed by atoms with Gasteiger partial charge in [0.1, 0.15) is 10.9 Å². The first kappa shape index (κ1) is 24.7. The summed E-state index contributed by atoms with van der Waals surface area (Å²) in [5, 5.41) is 2.67. The quantitative estimate of drug-likeness (QED) is 0.467. The van der Waals surface area contributed by atoms with Gasteiger partial charge in [0, 0.05) is 12.2 Å². The molecule has 1 atom stereocenters. The number of anilines is 2. The summed E-state index contributed by atoms with van der Waals surface area (Å²) in [6, 6.07) is 11.7. The molecule has 0 spiro atoms. The van der Waals surface area contributed by atoms with Gasteiger partial charge in [-0.25, -0.2) is 0 Å². The Hall–Kier alpha value is -3.93. The van der Waals surface area contributed by atoms with Crippen LogP contribution in [0.1, 0.15) is 38.2 Å². The second-order valence-electron chi connectivity index (χ2n) is 7.24. The van der Waals surface area contributed by atoms with Gasteiger partial charge in [0.2, 0.25) is 5.91 Å². The predicted octanol–water partition coefficient (Wildman–Crippen LogP) is 3.19. The molecule has 2 aromatic carbocycles. The van der Waals surface area contributed by atoms with Gasteiger partial charge in [-0.2, -0.15) is 17.5 Å². The Morgan fingerprint density at radius 1 is 1.12 bits per heavy atom. The highest BCUT2D eigenvalue weighted by molar-refractivity contribution is 7.09. The smallest absolute Gasteiger partial charge is 0.395 e. The molecule has 1 heterocycles. The second-order valence-corrected chi connectivity index (χ2v) is 8.01. The molecule has 3 rings (SSSR count). The standard InChI is InChI=1S/C22H20F3N5O3S/c1-12(20(32)28-11-13-6-3-2-4-7-13)30(15-9-5-8-14(10-15)22(23,24)25)21(33)18-16(26)17(19(27)31)29-34-18/h2-10,12H,11,26H2,1H3,(H2,27,31)(H,28,32)/t12-/m1/s1. The van der Waals surface area contributed by atoms with Crippen LogP contribution in [0.15, 0.2) is 54.6 Å². The third-order valence-electron chi connectivity index (χ3n) is 4.90. The number of nitrogen functional groups attached to an aromatic ring is 1. The number of hydrogen-bond acceptors (Lipinski definition) is 6. The van der Waals surface area contributed by atoms with Crippen LogP contribution in [0.25, 0.3) is 0 Å². The van der Waals surface area contributed by atoms with E-state index in [-0.39, 0.29) is 28.5 Å². The van der Waals surface area contributed by atoms with E-state index in [1.54, 1.807) is 24.3 Å². The van der Waals surface area contributed by atoms with Gasteiger partial charge in [0.05, 0.1) is 11.3 Å². The summed E-state index contributed by atoms with van der Waals surface area (Å²) in [4.78, 5) is 38.4. The molecule has 8 nitrogen and oxygen atoms in total. The van der Waals surface area contributed by atoms with E-state index in [4.69, 9.17) is 11.5 Å². The van der Waals surface area contributed by atoms with Crippen molar-refractivity contribution in [1.82, 2.24) is 9.69 Å². The van der Waals surface area contributed by atoms with Crippen LogP contribution in [0.3, 0.4) is 0 Å². The molecule has 0 radical (unpaired) electrons. The number of amides is 3. The van der Waals surface area contributed by atoms with Crippen LogP contribution in [0.5, 0.6) is 0 Å². The summed E-state index contributed by atoms with van der Waals surface area (Å²) < 4.78 is 43.7. The lowest BCUT2D eigenvalue weighted by Crippen LogP contribution is -2.48. The minimum Gasteiger partial charge on any atom is -0.395 e. The van der Waals surface area contributed by atoms with E-state index in [1.807, 2.05) is 6.07 Å². The van der Waals surface area contributed by atoms with Crippen LogP contribution in [0.4, 0.5) is 24.5 Å². The molecular weight excluding hydrogens is 471 g/mol. The average molecular weight is 491 g/mol. The molecule has 3 amide bonds. The molecule has 0 saturated heterocycles. The molecule has 0 bridgehead atoms. The van der Waals surface area contributed by atoms with Crippen molar-refractivity contribution < 1.29 is 27.6 Å². The van der Waals surface area contributed by atoms with Gasteiger partial charge in [0.15, 0.2) is 5.69 Å². The van der Waals surface area contributed by atoms with Crippen LogP contribution >= 0.6 is 11.5 Å². The number of carbonyl (C=O) groups excluding carboxylic acids is 3. The Morgan fingerprint density at radius 2 is 1.79 bits per heavy atom. The average Bonchev–Trinajstić information content (AvgIpc) is 3.19. The molecule has 5 N–H and O–H groups in total. The highest BCUT2D eigenvalue weighted by Gasteiger charge is 2.35. The van der Waals surface area contributed by atoms with E-state index in [9.17, 15) is 27.6 Å². The van der Waals surface area contributed by atoms with E-state index in [1.165, 1.54) is 13.0 Å². The van der Waals surface area contributed by atoms with Crippen LogP contribution in [-0.2, 0) is 17.5 Å². The van der Waals surface area contributed by atoms with Gasteiger partial charge < -0.3 is 16.8 Å². The molecular formula is C22H20F3N5O3S. The Labute approximate surface area is 196 Å². The maximum absolute atomic E-state index is 13.4. The lowest BCUT2D eigenvalue weighted by Gasteiger charge is -2.29. The van der Waals surface area contributed by atoms with Gasteiger partial charge in [-0.05, 0) is 42.2 Å². The van der Waals surface area contributed by atoms with E-state index >= 15 is 0 Å². The second kappa shape index (κ2) is 9.91. The fourth-order valence-electron chi connectivity index (χ4n) is 3.14. The van der Waals surface area contributed by atoms with Gasteiger partial charge >= 0.3 is 6.18 Å². The molecule has 1 aromatic heterocycles. The van der Waals surface area contributed by atoms with Crippen molar-refractivity contribution in [3.63, 3.8) is 0 Å². The number of nitrogens with one attached hydrogen (secondary N) is 1. The minimum absolute atomic E-state index is 0.142. The fraction of sp³-hybridized carbons (Fsp3) is 0.182. The van der Waals surface area contributed by atoms with Gasteiger partial charge in [-0.3, -0.25) is 19.3 Å². The molecule has 12 heteroatoms. The summed E-state index contributed by atoms with van der Waals surface area (Å²) in [7, 11) is 0. The summed E-state index contributed by atoms with van der Waals surface area (Å²) in [6.07, 6.45) is -4.67. The van der Waals surface area contributed by atoms with Gasteiger partial charge in [-0.1, -0.05) is 36.4 Å². The number of aromatic nitrogens is 1. The number of nitrogens with zero attached hydrogens (tertiary/aromatic N) is 2. The van der Waals surface area contributed by atoms with Crippen molar-refractivity contribution in [3.8, 4) is 0 Å². The first-order valence-electron chi connectivity index (χ1n) is 9.88. The predicted molar refractivity (Wildman–Crippen MR) is 121 cm³/mol. The van der Waals surface area contributed by atoms with Crippen LogP contribution in [-0.4, -0.2) is 28.1 Å². The van der Waals surface area contributed by atoms with Crippen molar-refractivity contribution in [2.75, 3.05) is 10.6 Å². The Balaban J connectivity index is 1.99. The fourth-order valence-corrected chi connectivity index (χ4v) is 3.88. The topological polar surface area (TPSA) is 131 Å². The number of hydrogen-bond donors (Lipinski definition) is 3. The zero-order valence-electron chi connectivity index (χ0n) is 17.8. The molecule has 0 aliphatic carbocycles. The minimum atomic E-state index is -4.67. The van der Waals surface area contributed by atoms with Crippen molar-refractivity contribution in [2.24, 2.45) is 5.73 Å². The largest absolute Gasteiger partial charge is 0.416 e. The van der Waals surface area contributed by atoms with Crippen molar-refractivity contribution in [3.05, 3.63) is 76.3 Å². The first-order chi connectivity index (χ1) is 16.0. The zero-order chi connectivity index (χ0) is 25.0. The zero-order valence-corrected chi connectivity index (χ0v) is 18.6. The first-order valence-corrected chi connectivity index (χ1v) is 10.7. The summed E-state index contributed by atoms with van der Waals surface area (Å²) >= 11 is 0.564. The third-order valence-corrected chi connectivity index (χ3v) is 5.75. The van der Waals surface area contributed by atoms with Crippen LogP contribution in [0.2, 0.25) is 0 Å². The van der Waals surface area contributed by atoms with Gasteiger partial charge in [-0.15, -0.1) is 0 Å². The summed E-state index contributed by atoms with van der Waals surface area (Å²) in [5.74, 6) is -2.48. The van der Waals surface area contributed by atoms with E-state index < -0.39 is 35.5 Å². The third kappa shape index (κ3) is 5.34. The number of carbonyl (C=O) groups is 3. The number of rotatable bonds is 7. The van der Waals surface area contributed by atoms with Crippen molar-refractivity contribution in [2.45, 2.75) is 25.7 Å². The number of nitrogens with two attached hydrogens (primary N) is 2. The SMILES string of the molecule is C[C@H](C(=O)NCc1ccccc1)N(C(=O)c1snc(C(N)=O)c1N)c1cccc(C(F)(F)F)c1. The summed E-state index contributed by atoms with van der Waals surface area (Å²) in [5.41, 5.74) is 10.0.